The zero-order valence-corrected chi connectivity index (χ0v) is 18.2. The second-order valence-electron chi connectivity index (χ2n) is 7.67. The molecule has 1 heterocycles. The van der Waals surface area contributed by atoms with E-state index in [-0.39, 0.29) is 12.5 Å². The first-order chi connectivity index (χ1) is 15.6. The Morgan fingerprint density at radius 1 is 1.03 bits per heavy atom. The topological polar surface area (TPSA) is 73.2 Å². The molecule has 1 N–H and O–H groups in total. The Bertz CT molecular complexity index is 1260. The highest BCUT2D eigenvalue weighted by molar-refractivity contribution is 6.00. The van der Waals surface area contributed by atoms with Crippen LogP contribution in [0.3, 0.4) is 0 Å². The molecule has 0 bridgehead atoms. The zero-order chi connectivity index (χ0) is 22.5. The van der Waals surface area contributed by atoms with Crippen molar-refractivity contribution in [3.05, 3.63) is 94.8 Å². The normalized spacial score (nSPS) is 10.8. The van der Waals surface area contributed by atoms with Crippen molar-refractivity contribution in [3.8, 4) is 5.75 Å². The molecule has 0 radical (unpaired) electrons. The zero-order valence-electron chi connectivity index (χ0n) is 18.2. The van der Waals surface area contributed by atoms with Crippen molar-refractivity contribution < 1.29 is 14.3 Å². The van der Waals surface area contributed by atoms with E-state index in [4.69, 9.17) is 4.74 Å². The number of carbonyl (C=O) groups excluding carboxylic acids is 2. The number of hydrogen-bond donors (Lipinski definition) is 1. The average Bonchev–Trinajstić information content (AvgIpc) is 3.08. The second kappa shape index (κ2) is 9.47. The summed E-state index contributed by atoms with van der Waals surface area (Å²) in [5, 5.41) is 9.27. The highest BCUT2D eigenvalue weighted by atomic mass is 16.5. The first-order valence-electron chi connectivity index (χ1n) is 10.5. The van der Waals surface area contributed by atoms with Gasteiger partial charge in [-0.1, -0.05) is 60.7 Å². The standard InChI is InChI=1S/C26H25N3O3/c1-18-23(19(2)29(28-18)15-20-8-4-3-5-9-20)14-27-26(31)17-32-25-13-12-21-10-6-7-11-22(21)24(25)16-30/h3-13,16H,14-15,17H2,1-2H3,(H,27,31). The lowest BCUT2D eigenvalue weighted by atomic mass is 10.0. The van der Waals surface area contributed by atoms with E-state index in [0.29, 0.717) is 24.4 Å². The average molecular weight is 428 g/mol. The van der Waals surface area contributed by atoms with Crippen LogP contribution in [0.4, 0.5) is 0 Å². The van der Waals surface area contributed by atoms with Crippen LogP contribution in [0.1, 0.15) is 32.9 Å². The van der Waals surface area contributed by atoms with Crippen molar-refractivity contribution in [1.29, 1.82) is 0 Å². The Hall–Kier alpha value is -3.93. The van der Waals surface area contributed by atoms with Gasteiger partial charge in [0, 0.05) is 17.8 Å². The molecule has 0 atom stereocenters. The molecule has 0 unspecified atom stereocenters. The molecule has 162 valence electrons. The number of benzene rings is 3. The van der Waals surface area contributed by atoms with Gasteiger partial charge in [0.15, 0.2) is 12.9 Å². The molecule has 0 aliphatic carbocycles. The number of fused-ring (bicyclic) bond motifs is 1. The van der Waals surface area contributed by atoms with Crippen LogP contribution in [0, 0.1) is 13.8 Å². The van der Waals surface area contributed by atoms with Gasteiger partial charge in [-0.3, -0.25) is 14.3 Å². The molecule has 4 aromatic rings. The molecule has 6 nitrogen and oxygen atoms in total. The number of aryl methyl sites for hydroxylation is 1. The third-order valence-corrected chi connectivity index (χ3v) is 5.58. The lowest BCUT2D eigenvalue weighted by Gasteiger charge is -2.11. The van der Waals surface area contributed by atoms with Crippen molar-refractivity contribution in [1.82, 2.24) is 15.1 Å². The van der Waals surface area contributed by atoms with Crippen LogP contribution in [0.5, 0.6) is 5.75 Å². The van der Waals surface area contributed by atoms with Crippen LogP contribution < -0.4 is 10.1 Å². The van der Waals surface area contributed by atoms with Gasteiger partial charge in [0.25, 0.3) is 5.91 Å². The van der Waals surface area contributed by atoms with Crippen molar-refractivity contribution in [2.45, 2.75) is 26.9 Å². The van der Waals surface area contributed by atoms with Crippen molar-refractivity contribution in [2.24, 2.45) is 0 Å². The van der Waals surface area contributed by atoms with Gasteiger partial charge in [0.2, 0.25) is 0 Å². The smallest absolute Gasteiger partial charge is 0.258 e. The van der Waals surface area contributed by atoms with E-state index in [2.05, 4.69) is 22.5 Å². The van der Waals surface area contributed by atoms with Gasteiger partial charge in [-0.05, 0) is 36.2 Å². The van der Waals surface area contributed by atoms with Gasteiger partial charge in [-0.25, -0.2) is 0 Å². The first-order valence-corrected chi connectivity index (χ1v) is 10.5. The van der Waals surface area contributed by atoms with E-state index >= 15 is 0 Å². The van der Waals surface area contributed by atoms with Crippen LogP contribution >= 0.6 is 0 Å². The summed E-state index contributed by atoms with van der Waals surface area (Å²) >= 11 is 0. The summed E-state index contributed by atoms with van der Waals surface area (Å²) in [5.41, 5.74) is 4.52. The SMILES string of the molecule is Cc1nn(Cc2ccccc2)c(C)c1CNC(=O)COc1ccc2ccccc2c1C=O. The fourth-order valence-corrected chi connectivity index (χ4v) is 3.80. The summed E-state index contributed by atoms with van der Waals surface area (Å²) in [6.07, 6.45) is 0.767. The van der Waals surface area contributed by atoms with E-state index in [1.54, 1.807) is 6.07 Å². The van der Waals surface area contributed by atoms with E-state index < -0.39 is 0 Å². The monoisotopic (exact) mass is 427 g/mol. The highest BCUT2D eigenvalue weighted by Crippen LogP contribution is 2.26. The summed E-state index contributed by atoms with van der Waals surface area (Å²) in [5.74, 6) is 0.140. The maximum Gasteiger partial charge on any atom is 0.258 e. The third kappa shape index (κ3) is 4.54. The molecule has 1 aromatic heterocycles. The number of ether oxygens (including phenoxy) is 1. The molecule has 4 rings (SSSR count). The summed E-state index contributed by atoms with van der Waals surface area (Å²) < 4.78 is 7.62. The van der Waals surface area contributed by atoms with E-state index in [1.807, 2.05) is 67.1 Å². The number of nitrogens with one attached hydrogen (secondary N) is 1. The van der Waals surface area contributed by atoms with E-state index in [1.165, 1.54) is 5.56 Å². The highest BCUT2D eigenvalue weighted by Gasteiger charge is 2.14. The minimum atomic E-state index is -0.260. The van der Waals surface area contributed by atoms with Gasteiger partial charge < -0.3 is 10.1 Å². The quantitative estimate of drug-likeness (QED) is 0.428. The van der Waals surface area contributed by atoms with Crippen molar-refractivity contribution in [2.75, 3.05) is 6.61 Å². The Balaban J connectivity index is 1.39. The van der Waals surface area contributed by atoms with Crippen molar-refractivity contribution in [3.63, 3.8) is 0 Å². The number of hydrogen-bond acceptors (Lipinski definition) is 4. The number of aromatic nitrogens is 2. The lowest BCUT2D eigenvalue weighted by Crippen LogP contribution is -2.29. The molecule has 0 fully saturated rings. The van der Waals surface area contributed by atoms with Gasteiger partial charge in [-0.2, -0.15) is 5.10 Å². The van der Waals surface area contributed by atoms with Crippen molar-refractivity contribution >= 4 is 23.0 Å². The fraction of sp³-hybridized carbons (Fsp3) is 0.192. The number of carbonyl (C=O) groups is 2. The molecule has 32 heavy (non-hydrogen) atoms. The second-order valence-corrected chi connectivity index (χ2v) is 7.67. The summed E-state index contributed by atoms with van der Waals surface area (Å²) in [7, 11) is 0. The lowest BCUT2D eigenvalue weighted by molar-refractivity contribution is -0.123. The fourth-order valence-electron chi connectivity index (χ4n) is 3.80. The molecule has 0 spiro atoms. The van der Waals surface area contributed by atoms with Crippen LogP contribution in [0.2, 0.25) is 0 Å². The Morgan fingerprint density at radius 2 is 1.78 bits per heavy atom. The van der Waals surface area contributed by atoms with Gasteiger partial charge in [0.1, 0.15) is 5.75 Å². The minimum Gasteiger partial charge on any atom is -0.483 e. The third-order valence-electron chi connectivity index (χ3n) is 5.58. The number of nitrogens with zero attached hydrogens (tertiary/aromatic N) is 2. The maximum atomic E-state index is 12.4. The van der Waals surface area contributed by atoms with Crippen LogP contribution in [0.25, 0.3) is 10.8 Å². The largest absolute Gasteiger partial charge is 0.483 e. The molecule has 6 heteroatoms. The minimum absolute atomic E-state index is 0.171. The van der Waals surface area contributed by atoms with E-state index in [9.17, 15) is 9.59 Å². The Labute approximate surface area is 186 Å². The predicted molar refractivity (Wildman–Crippen MR) is 124 cm³/mol. The maximum absolute atomic E-state index is 12.4. The summed E-state index contributed by atoms with van der Waals surface area (Å²) in [6.45, 7) is 4.83. The van der Waals surface area contributed by atoms with Crippen LogP contribution in [-0.4, -0.2) is 28.6 Å². The molecular weight excluding hydrogens is 402 g/mol. The van der Waals surface area contributed by atoms with E-state index in [0.717, 1.165) is 34.0 Å². The summed E-state index contributed by atoms with van der Waals surface area (Å²) in [4.78, 5) is 24.0. The number of rotatable bonds is 8. The molecule has 3 aromatic carbocycles. The molecular formula is C26H25N3O3. The molecule has 0 saturated carbocycles. The van der Waals surface area contributed by atoms with Gasteiger partial charge >= 0.3 is 0 Å². The molecule has 0 aliphatic rings. The Kier molecular flexibility index (Phi) is 6.31. The Morgan fingerprint density at radius 3 is 2.56 bits per heavy atom. The predicted octanol–water partition coefficient (Wildman–Crippen LogP) is 4.21. The van der Waals surface area contributed by atoms with Crippen LogP contribution in [-0.2, 0) is 17.9 Å². The van der Waals surface area contributed by atoms with Gasteiger partial charge in [0.05, 0.1) is 17.8 Å². The number of amides is 1. The van der Waals surface area contributed by atoms with Gasteiger partial charge in [-0.15, -0.1) is 0 Å². The first kappa shape index (κ1) is 21.3. The number of aldehydes is 1. The van der Waals surface area contributed by atoms with Crippen LogP contribution in [0.15, 0.2) is 66.7 Å². The molecule has 1 amide bonds. The summed E-state index contributed by atoms with van der Waals surface area (Å²) in [6, 6.07) is 21.3. The molecule has 0 saturated heterocycles. The molecule has 0 aliphatic heterocycles.